The predicted octanol–water partition coefficient (Wildman–Crippen LogP) is 1.84. The molecule has 2 aromatic rings. The van der Waals surface area contributed by atoms with Crippen molar-refractivity contribution < 1.29 is 33.3 Å². The van der Waals surface area contributed by atoms with Crippen molar-refractivity contribution in [2.45, 2.75) is 11.3 Å². The highest BCUT2D eigenvalue weighted by atomic mass is 35.5. The highest BCUT2D eigenvalue weighted by molar-refractivity contribution is 7.83. The van der Waals surface area contributed by atoms with Crippen LogP contribution >= 0.6 is 23.2 Å². The van der Waals surface area contributed by atoms with Crippen LogP contribution in [0.1, 0.15) is 15.9 Å². The number of nitrogens with one attached hydrogen (secondary N) is 2. The van der Waals surface area contributed by atoms with Gasteiger partial charge in [0.1, 0.15) is 22.9 Å². The molecule has 0 aromatic heterocycles. The van der Waals surface area contributed by atoms with Crippen LogP contribution in [0.2, 0.25) is 10.0 Å². The standard InChI is InChI=1S/C21H21Cl2N3O7S/c1-24-33-21(30)14-7-18(16(27)8-15(14)23)34(31)26-10-19(28)25-9-12(20(26)29)5-11-6-13(22)3-4-17(11)32-2/h3-4,6-8,12,24,27H,5,9-10H2,1-2H3,(H,25,28). The zero-order valence-electron chi connectivity index (χ0n) is 18.1. The lowest BCUT2D eigenvalue weighted by Gasteiger charge is -2.23. The number of hydrogen-bond donors (Lipinski definition) is 3. The molecule has 34 heavy (non-hydrogen) atoms. The third-order valence-corrected chi connectivity index (χ3v) is 6.95. The minimum atomic E-state index is -2.34. The van der Waals surface area contributed by atoms with Crippen LogP contribution in [0.3, 0.4) is 0 Å². The molecule has 3 rings (SSSR count). The van der Waals surface area contributed by atoms with E-state index in [1.165, 1.54) is 14.2 Å². The van der Waals surface area contributed by atoms with E-state index in [9.17, 15) is 23.7 Å². The van der Waals surface area contributed by atoms with E-state index in [1.54, 1.807) is 18.2 Å². The third kappa shape index (κ3) is 5.61. The van der Waals surface area contributed by atoms with E-state index >= 15 is 0 Å². The Balaban J connectivity index is 1.95. The summed E-state index contributed by atoms with van der Waals surface area (Å²) in [5.41, 5.74) is 2.64. The summed E-state index contributed by atoms with van der Waals surface area (Å²) in [5.74, 6) is -2.85. The fraction of sp³-hybridized carbons (Fsp3) is 0.286. The molecule has 1 heterocycles. The Labute approximate surface area is 207 Å². The van der Waals surface area contributed by atoms with Crippen molar-refractivity contribution in [1.29, 1.82) is 0 Å². The molecule has 1 aliphatic rings. The van der Waals surface area contributed by atoms with Gasteiger partial charge in [-0.2, -0.15) is 5.48 Å². The molecule has 1 fully saturated rings. The van der Waals surface area contributed by atoms with Gasteiger partial charge in [0.2, 0.25) is 11.8 Å². The fourth-order valence-corrected chi connectivity index (χ4v) is 5.04. The van der Waals surface area contributed by atoms with Gasteiger partial charge in [-0.05, 0) is 36.2 Å². The number of halogens is 2. The molecule has 2 amide bonds. The Hall–Kier alpha value is -2.86. The van der Waals surface area contributed by atoms with Crippen LogP contribution in [0.15, 0.2) is 35.2 Å². The van der Waals surface area contributed by atoms with Gasteiger partial charge in [-0.15, -0.1) is 0 Å². The number of carbonyl (C=O) groups is 3. The number of phenols is 1. The number of nitrogens with zero attached hydrogens (tertiary/aromatic N) is 1. The van der Waals surface area contributed by atoms with Gasteiger partial charge in [0.05, 0.1) is 23.6 Å². The summed E-state index contributed by atoms with van der Waals surface area (Å²) in [4.78, 5) is 42.2. The SMILES string of the molecule is CNOC(=O)c1cc(S(=O)N2CC(=O)NCC(Cc3cc(Cl)ccc3OC)C2=O)c(O)cc1Cl. The molecular weight excluding hydrogens is 509 g/mol. The lowest BCUT2D eigenvalue weighted by atomic mass is 9.98. The monoisotopic (exact) mass is 529 g/mol. The van der Waals surface area contributed by atoms with Crippen LogP contribution in [0, 0.1) is 5.92 Å². The Morgan fingerprint density at radius 2 is 2.03 bits per heavy atom. The second-order valence-electron chi connectivity index (χ2n) is 7.18. The molecule has 2 aromatic carbocycles. The molecule has 0 radical (unpaired) electrons. The number of carbonyl (C=O) groups excluding carboxylic acids is 3. The summed E-state index contributed by atoms with van der Waals surface area (Å²) >= 11 is 12.1. The van der Waals surface area contributed by atoms with Gasteiger partial charge in [0.15, 0.2) is 11.0 Å². The Morgan fingerprint density at radius 3 is 2.71 bits per heavy atom. The Bertz CT molecular complexity index is 1160. The number of methoxy groups -OCH3 is 1. The van der Waals surface area contributed by atoms with E-state index in [0.717, 1.165) is 16.4 Å². The molecule has 2 atom stereocenters. The maximum absolute atomic E-state index is 13.4. The number of aromatic hydroxyl groups is 1. The molecule has 3 N–H and O–H groups in total. The largest absolute Gasteiger partial charge is 0.507 e. The average molecular weight is 530 g/mol. The van der Waals surface area contributed by atoms with Gasteiger partial charge < -0.3 is 20.0 Å². The van der Waals surface area contributed by atoms with Gasteiger partial charge in [-0.3, -0.25) is 9.59 Å². The number of ether oxygens (including phenoxy) is 1. The zero-order valence-corrected chi connectivity index (χ0v) is 20.4. The quantitative estimate of drug-likeness (QED) is 0.462. The smallest absolute Gasteiger partial charge is 0.358 e. The van der Waals surface area contributed by atoms with Gasteiger partial charge >= 0.3 is 5.97 Å². The van der Waals surface area contributed by atoms with Crippen molar-refractivity contribution in [2.75, 3.05) is 27.2 Å². The van der Waals surface area contributed by atoms with Crippen LogP contribution in [0.4, 0.5) is 0 Å². The average Bonchev–Trinajstić information content (AvgIpc) is 2.92. The maximum Gasteiger partial charge on any atom is 0.358 e. The molecule has 2 unspecified atom stereocenters. The number of benzene rings is 2. The van der Waals surface area contributed by atoms with Crippen LogP contribution in [-0.4, -0.2) is 58.7 Å². The summed E-state index contributed by atoms with van der Waals surface area (Å²) in [7, 11) is 0.489. The fourth-order valence-electron chi connectivity index (χ4n) is 3.37. The third-order valence-electron chi connectivity index (χ3n) is 4.99. The molecule has 182 valence electrons. The first-order valence-electron chi connectivity index (χ1n) is 9.89. The topological polar surface area (TPSA) is 134 Å². The van der Waals surface area contributed by atoms with Crippen LogP contribution in [-0.2, 0) is 31.8 Å². The minimum absolute atomic E-state index is 0.00657. The lowest BCUT2D eigenvalue weighted by Crippen LogP contribution is -2.39. The van der Waals surface area contributed by atoms with Crippen molar-refractivity contribution in [3.63, 3.8) is 0 Å². The highest BCUT2D eigenvalue weighted by Gasteiger charge is 2.35. The Morgan fingerprint density at radius 1 is 1.29 bits per heavy atom. The first-order chi connectivity index (χ1) is 16.2. The molecule has 0 bridgehead atoms. The number of hydroxylamine groups is 1. The van der Waals surface area contributed by atoms with Crippen molar-refractivity contribution in [3.05, 3.63) is 51.5 Å². The van der Waals surface area contributed by atoms with Gasteiger partial charge in [-0.1, -0.05) is 23.2 Å². The summed E-state index contributed by atoms with van der Waals surface area (Å²) < 4.78 is 19.5. The molecule has 13 heteroatoms. The van der Waals surface area contributed by atoms with E-state index in [-0.39, 0.29) is 28.4 Å². The lowest BCUT2D eigenvalue weighted by molar-refractivity contribution is -0.131. The van der Waals surface area contributed by atoms with E-state index in [2.05, 4.69) is 15.6 Å². The van der Waals surface area contributed by atoms with Crippen molar-refractivity contribution in [3.8, 4) is 11.5 Å². The number of phenolic OH excluding ortho intramolecular Hbond substituents is 1. The van der Waals surface area contributed by atoms with E-state index in [4.69, 9.17) is 27.9 Å². The summed E-state index contributed by atoms with van der Waals surface area (Å²) in [6, 6.07) is 7.01. The van der Waals surface area contributed by atoms with Crippen molar-refractivity contribution >= 4 is 52.0 Å². The number of amides is 2. The maximum atomic E-state index is 13.4. The molecule has 10 nitrogen and oxygen atoms in total. The van der Waals surface area contributed by atoms with Crippen molar-refractivity contribution in [2.24, 2.45) is 5.92 Å². The first-order valence-corrected chi connectivity index (χ1v) is 11.7. The zero-order chi connectivity index (χ0) is 25.0. The van der Waals surface area contributed by atoms with E-state index in [0.29, 0.717) is 16.3 Å². The van der Waals surface area contributed by atoms with Crippen LogP contribution < -0.4 is 15.5 Å². The molecule has 1 saturated heterocycles. The summed E-state index contributed by atoms with van der Waals surface area (Å²) in [6.45, 7) is -0.527. The van der Waals surface area contributed by atoms with Gasteiger partial charge in [-0.25, -0.2) is 13.3 Å². The second kappa shape index (κ2) is 11.0. The highest BCUT2D eigenvalue weighted by Crippen LogP contribution is 2.32. The minimum Gasteiger partial charge on any atom is -0.507 e. The number of rotatable bonds is 7. The molecule has 0 saturated carbocycles. The van der Waals surface area contributed by atoms with Crippen LogP contribution in [0.25, 0.3) is 0 Å². The predicted molar refractivity (Wildman–Crippen MR) is 124 cm³/mol. The van der Waals surface area contributed by atoms with Gasteiger partial charge in [0, 0.05) is 24.7 Å². The first kappa shape index (κ1) is 25.8. The second-order valence-corrected chi connectivity index (χ2v) is 9.40. The number of hydrogen-bond acceptors (Lipinski definition) is 8. The van der Waals surface area contributed by atoms with E-state index in [1.807, 2.05) is 0 Å². The molecular formula is C21H21Cl2N3O7S. The summed E-state index contributed by atoms with van der Waals surface area (Å²) in [5, 5.41) is 13.3. The van der Waals surface area contributed by atoms with Crippen molar-refractivity contribution in [1.82, 2.24) is 15.1 Å². The van der Waals surface area contributed by atoms with Crippen LogP contribution in [0.5, 0.6) is 11.5 Å². The normalized spacial score (nSPS) is 17.1. The Kier molecular flexibility index (Phi) is 8.37. The summed E-state index contributed by atoms with van der Waals surface area (Å²) in [6.07, 6.45) is 0.142. The molecule has 0 spiro atoms. The van der Waals surface area contributed by atoms with Gasteiger partial charge in [0.25, 0.3) is 0 Å². The molecule has 1 aliphatic heterocycles. The van der Waals surface area contributed by atoms with E-state index < -0.39 is 47.0 Å². The molecule has 0 aliphatic carbocycles.